The van der Waals surface area contributed by atoms with Crippen molar-refractivity contribution in [2.45, 2.75) is 103 Å². The zero-order chi connectivity index (χ0) is 36.4. The zero-order valence-corrected chi connectivity index (χ0v) is 31.4. The van der Waals surface area contributed by atoms with E-state index in [1.807, 2.05) is 18.7 Å². The highest BCUT2D eigenvalue weighted by Gasteiger charge is 2.40. The minimum atomic E-state index is -0.184. The molecule has 0 saturated heterocycles. The van der Waals surface area contributed by atoms with Gasteiger partial charge in [0.05, 0.1) is 49.5 Å². The van der Waals surface area contributed by atoms with Gasteiger partial charge in [-0.3, -0.25) is 4.98 Å². The first-order chi connectivity index (χ1) is 24.5. The van der Waals surface area contributed by atoms with Gasteiger partial charge in [-0.25, -0.2) is 24.5 Å². The van der Waals surface area contributed by atoms with Crippen LogP contribution >= 0.6 is 0 Å². The van der Waals surface area contributed by atoms with Crippen molar-refractivity contribution >= 4 is 44.1 Å². The van der Waals surface area contributed by atoms with Gasteiger partial charge in [0, 0.05) is 34.9 Å². The summed E-state index contributed by atoms with van der Waals surface area (Å²) in [5.74, 6) is 3.53. The fraction of sp³-hybridized carbons (Fsp3) is 0.390. The number of hydrogen-bond donors (Lipinski definition) is 4. The van der Waals surface area contributed by atoms with Gasteiger partial charge in [-0.1, -0.05) is 48.5 Å². The number of rotatable bonds is 7. The normalized spacial score (nSPS) is 14.9. The molecule has 0 spiro atoms. The van der Waals surface area contributed by atoms with E-state index < -0.39 is 0 Å². The molecule has 52 heavy (non-hydrogen) atoms. The predicted octanol–water partition coefficient (Wildman–Crippen LogP) is 8.23. The molecule has 0 amide bonds. The molecule has 0 aliphatic carbocycles. The van der Waals surface area contributed by atoms with Crippen molar-refractivity contribution in [1.29, 1.82) is 0 Å². The maximum Gasteiger partial charge on any atom is 0.287 e. The van der Waals surface area contributed by atoms with Gasteiger partial charge in [0.15, 0.2) is 5.82 Å². The molecular formula is C41H46N11+. The van der Waals surface area contributed by atoms with Crippen molar-refractivity contribution in [3.8, 4) is 22.9 Å². The smallest absolute Gasteiger partial charge is 0.287 e. The molecule has 1 aliphatic heterocycles. The Bertz CT molecular complexity index is 2590. The predicted molar refractivity (Wildman–Crippen MR) is 205 cm³/mol. The molecule has 11 heteroatoms. The SMILES string of the molecule is CC(C)(C)c1nc2cc3[nH]c(-c4cncc(C(C)(C)CCC(C)(C)c5nc6cc7[nH]c(-c8cc9[n+](cn8)CC9(C)C)nc7cc6[nH]5)c4)nc3cc2[nH]1. The fourth-order valence-corrected chi connectivity index (χ4v) is 7.49. The molecule has 264 valence electrons. The van der Waals surface area contributed by atoms with E-state index in [4.69, 9.17) is 19.9 Å². The van der Waals surface area contributed by atoms with E-state index in [1.54, 1.807) is 0 Å². The molecule has 0 atom stereocenters. The molecule has 0 fully saturated rings. The van der Waals surface area contributed by atoms with Crippen LogP contribution in [0.25, 0.3) is 67.0 Å². The van der Waals surface area contributed by atoms with Crippen LogP contribution in [-0.2, 0) is 28.2 Å². The first-order valence-electron chi connectivity index (χ1n) is 18.2. The molecule has 8 aromatic rings. The lowest BCUT2D eigenvalue weighted by Gasteiger charge is -2.32. The summed E-state index contributed by atoms with van der Waals surface area (Å²) in [4.78, 5) is 43.3. The summed E-state index contributed by atoms with van der Waals surface area (Å²) in [6, 6.07) is 12.7. The van der Waals surface area contributed by atoms with Crippen LogP contribution in [0.4, 0.5) is 0 Å². The van der Waals surface area contributed by atoms with E-state index in [9.17, 15) is 0 Å². The first-order valence-corrected chi connectivity index (χ1v) is 18.2. The molecule has 11 nitrogen and oxygen atoms in total. The van der Waals surface area contributed by atoms with Gasteiger partial charge in [-0.05, 0) is 73.0 Å². The summed E-state index contributed by atoms with van der Waals surface area (Å²) < 4.78 is 2.19. The largest absolute Gasteiger partial charge is 0.341 e. The van der Waals surface area contributed by atoms with Crippen molar-refractivity contribution in [3.05, 3.63) is 78.0 Å². The molecule has 6 aromatic heterocycles. The van der Waals surface area contributed by atoms with E-state index in [1.165, 1.54) is 11.3 Å². The van der Waals surface area contributed by atoms with Crippen molar-refractivity contribution in [2.24, 2.45) is 0 Å². The lowest BCUT2D eigenvalue weighted by Crippen LogP contribution is -2.60. The third-order valence-electron chi connectivity index (χ3n) is 11.1. The number of H-pyrrole nitrogens is 4. The Kier molecular flexibility index (Phi) is 6.73. The van der Waals surface area contributed by atoms with Gasteiger partial charge in [-0.2, -0.15) is 0 Å². The van der Waals surface area contributed by atoms with Crippen LogP contribution in [0.3, 0.4) is 0 Å². The molecule has 7 heterocycles. The highest BCUT2D eigenvalue weighted by molar-refractivity contribution is 5.93. The maximum absolute atomic E-state index is 5.10. The minimum absolute atomic E-state index is 0.0527. The van der Waals surface area contributed by atoms with Crippen molar-refractivity contribution in [3.63, 3.8) is 0 Å². The Labute approximate surface area is 302 Å². The second-order valence-electron chi connectivity index (χ2n) is 17.8. The van der Waals surface area contributed by atoms with Crippen molar-refractivity contribution in [1.82, 2.24) is 49.8 Å². The number of fused-ring (bicyclic) bond motifs is 5. The van der Waals surface area contributed by atoms with Gasteiger partial charge in [0.1, 0.15) is 29.7 Å². The van der Waals surface area contributed by atoms with Crippen LogP contribution < -0.4 is 4.57 Å². The van der Waals surface area contributed by atoms with E-state index in [0.717, 1.165) is 98.1 Å². The number of aromatic nitrogens is 11. The van der Waals surface area contributed by atoms with E-state index in [2.05, 4.69) is 133 Å². The van der Waals surface area contributed by atoms with Crippen LogP contribution in [0.5, 0.6) is 0 Å². The van der Waals surface area contributed by atoms with Crippen LogP contribution in [0.1, 0.15) is 98.1 Å². The molecule has 0 radical (unpaired) electrons. The number of hydrogen-bond acceptors (Lipinski definition) is 6. The molecule has 0 bridgehead atoms. The second-order valence-corrected chi connectivity index (χ2v) is 17.8. The summed E-state index contributed by atoms with van der Waals surface area (Å²) in [5.41, 5.74) is 11.6. The third kappa shape index (κ3) is 5.36. The molecule has 4 N–H and O–H groups in total. The number of nitrogens with one attached hydrogen (secondary N) is 4. The lowest BCUT2D eigenvalue weighted by molar-refractivity contribution is -0.761. The number of benzene rings is 2. The number of nitrogens with zero attached hydrogens (tertiary/aromatic N) is 7. The Morgan fingerprint density at radius 1 is 0.635 bits per heavy atom. The fourth-order valence-electron chi connectivity index (χ4n) is 7.49. The quantitative estimate of drug-likeness (QED) is 0.124. The average Bonchev–Trinajstić information content (AvgIpc) is 3.88. The van der Waals surface area contributed by atoms with Gasteiger partial charge in [0.25, 0.3) is 6.33 Å². The first kappa shape index (κ1) is 32.5. The number of aromatic amines is 4. The highest BCUT2D eigenvalue weighted by Crippen LogP contribution is 2.38. The Balaban J connectivity index is 0.929. The molecule has 1 aliphatic rings. The highest BCUT2D eigenvalue weighted by atomic mass is 15.1. The maximum atomic E-state index is 5.10. The van der Waals surface area contributed by atoms with Gasteiger partial charge < -0.3 is 19.9 Å². The Morgan fingerprint density at radius 2 is 1.19 bits per heavy atom. The van der Waals surface area contributed by atoms with Crippen molar-refractivity contribution in [2.75, 3.05) is 0 Å². The Hall–Kier alpha value is -5.45. The summed E-state index contributed by atoms with van der Waals surface area (Å²) in [7, 11) is 0. The lowest BCUT2D eigenvalue weighted by atomic mass is 9.75. The van der Waals surface area contributed by atoms with Crippen LogP contribution in [0.15, 0.2) is 55.1 Å². The summed E-state index contributed by atoms with van der Waals surface area (Å²) in [6.45, 7) is 21.1. The molecule has 0 saturated carbocycles. The standard InChI is InChI=1S/C41H45N11/c1-38(2,3)36-48-28-13-24-25(14-29(28)49-36)45-34(44-24)22-12-23(19-42-18-22)39(4,5)10-11-40(6,7)37-50-30-15-26-27(16-31(30)51-37)47-35(46-26)32-17-33-41(8,9)20-52(33)21-43-32/h12-19,21H,10-11,20H2,1-9H3,(H3,44,45,46,47,48,49,50,51)/p+1. The third-order valence-corrected chi connectivity index (χ3v) is 11.1. The minimum Gasteiger partial charge on any atom is -0.341 e. The summed E-state index contributed by atoms with van der Waals surface area (Å²) >= 11 is 0. The van der Waals surface area contributed by atoms with Crippen LogP contribution in [-0.4, -0.2) is 49.8 Å². The molecular weight excluding hydrogens is 647 g/mol. The second kappa shape index (κ2) is 10.8. The summed E-state index contributed by atoms with van der Waals surface area (Å²) in [5, 5.41) is 0. The summed E-state index contributed by atoms with van der Waals surface area (Å²) in [6.07, 6.45) is 7.67. The van der Waals surface area contributed by atoms with Gasteiger partial charge >= 0.3 is 0 Å². The molecule has 2 aromatic carbocycles. The van der Waals surface area contributed by atoms with E-state index in [0.29, 0.717) is 0 Å². The van der Waals surface area contributed by atoms with E-state index >= 15 is 0 Å². The average molecular weight is 693 g/mol. The zero-order valence-electron chi connectivity index (χ0n) is 31.4. The number of imidazole rings is 4. The number of pyridine rings is 1. The molecule has 9 rings (SSSR count). The Morgan fingerprint density at radius 3 is 1.85 bits per heavy atom. The monoisotopic (exact) mass is 692 g/mol. The van der Waals surface area contributed by atoms with Crippen LogP contribution in [0.2, 0.25) is 0 Å². The van der Waals surface area contributed by atoms with Crippen LogP contribution in [0, 0.1) is 0 Å². The topological polar surface area (TPSA) is 144 Å². The van der Waals surface area contributed by atoms with E-state index in [-0.39, 0.29) is 21.7 Å². The van der Waals surface area contributed by atoms with Crippen molar-refractivity contribution < 1.29 is 4.57 Å². The van der Waals surface area contributed by atoms with Gasteiger partial charge in [0.2, 0.25) is 5.69 Å². The van der Waals surface area contributed by atoms with Gasteiger partial charge in [-0.15, -0.1) is 0 Å². The molecule has 0 unspecified atom stereocenters.